The molecule has 1 amide bonds. The Morgan fingerprint density at radius 1 is 1.24 bits per heavy atom. The van der Waals surface area contributed by atoms with Crippen LogP contribution in [0.3, 0.4) is 0 Å². The molecule has 0 bridgehead atoms. The quantitative estimate of drug-likeness (QED) is 0.658. The van der Waals surface area contributed by atoms with Gasteiger partial charge in [-0.05, 0) is 36.2 Å². The van der Waals surface area contributed by atoms with Crippen molar-refractivity contribution < 1.29 is 9.53 Å². The summed E-state index contributed by atoms with van der Waals surface area (Å²) in [4.78, 5) is 11.0. The van der Waals surface area contributed by atoms with E-state index in [2.05, 4.69) is 35.3 Å². The van der Waals surface area contributed by atoms with Crippen LogP contribution in [0.5, 0.6) is 5.75 Å². The lowest BCUT2D eigenvalue weighted by atomic mass is 10.0. The van der Waals surface area contributed by atoms with Gasteiger partial charge in [-0.2, -0.15) is 0 Å². The maximum absolute atomic E-state index is 11.0. The molecule has 0 unspecified atom stereocenters. The number of thioether (sulfide) groups is 1. The minimum Gasteiger partial charge on any atom is -0.485 e. The molecule has 1 aromatic heterocycles. The number of primary amides is 1. The molecule has 0 fully saturated rings. The number of nitrogens with two attached hydrogens (primary N) is 1. The first kappa shape index (κ1) is 17.3. The van der Waals surface area contributed by atoms with Gasteiger partial charge in [0, 0.05) is 6.54 Å². The largest absolute Gasteiger partial charge is 0.485 e. The molecule has 0 aliphatic heterocycles. The zero-order valence-corrected chi connectivity index (χ0v) is 15.0. The number of fused-ring (bicyclic) bond motifs is 1. The topological polar surface area (TPSA) is 83.0 Å². The first-order valence-electron chi connectivity index (χ1n) is 8.04. The molecule has 0 saturated heterocycles. The number of ether oxygens (including phenoxy) is 1. The first-order valence-corrected chi connectivity index (χ1v) is 9.03. The molecule has 0 aliphatic carbocycles. The molecule has 1 heterocycles. The second-order valence-electron chi connectivity index (χ2n) is 5.60. The Bertz CT molecular complexity index is 907. The van der Waals surface area contributed by atoms with Gasteiger partial charge < -0.3 is 15.0 Å². The van der Waals surface area contributed by atoms with Crippen molar-refractivity contribution in [2.45, 2.75) is 32.2 Å². The molecule has 2 aromatic carbocycles. The van der Waals surface area contributed by atoms with Gasteiger partial charge in [0.25, 0.3) is 0 Å². The number of amides is 1. The summed E-state index contributed by atoms with van der Waals surface area (Å²) in [5.41, 5.74) is 6.29. The normalized spacial score (nSPS) is 11.0. The monoisotopic (exact) mass is 356 g/mol. The van der Waals surface area contributed by atoms with Gasteiger partial charge in [0.05, 0.1) is 5.75 Å². The Kier molecular flexibility index (Phi) is 5.23. The molecule has 3 aromatic rings. The maximum Gasteiger partial charge on any atom is 0.227 e. The van der Waals surface area contributed by atoms with Crippen LogP contribution in [0.25, 0.3) is 10.8 Å². The lowest BCUT2D eigenvalue weighted by Gasteiger charge is -2.12. The lowest BCUT2D eigenvalue weighted by molar-refractivity contribution is -0.115. The van der Waals surface area contributed by atoms with Crippen molar-refractivity contribution in [2.75, 3.05) is 5.75 Å². The van der Waals surface area contributed by atoms with E-state index in [0.29, 0.717) is 18.3 Å². The van der Waals surface area contributed by atoms with Crippen molar-refractivity contribution >= 4 is 28.4 Å². The summed E-state index contributed by atoms with van der Waals surface area (Å²) in [5, 5.41) is 11.4. The van der Waals surface area contributed by atoms with Crippen molar-refractivity contribution in [2.24, 2.45) is 5.73 Å². The van der Waals surface area contributed by atoms with E-state index in [0.717, 1.165) is 17.1 Å². The lowest BCUT2D eigenvalue weighted by Crippen LogP contribution is -2.14. The summed E-state index contributed by atoms with van der Waals surface area (Å²) in [5.74, 6) is 1.36. The molecule has 130 valence electrons. The number of benzene rings is 2. The highest BCUT2D eigenvalue weighted by molar-refractivity contribution is 7.99. The van der Waals surface area contributed by atoms with Gasteiger partial charge in [0.1, 0.15) is 12.4 Å². The minimum absolute atomic E-state index is 0.183. The second-order valence-corrected chi connectivity index (χ2v) is 6.54. The Labute approximate surface area is 150 Å². The summed E-state index contributed by atoms with van der Waals surface area (Å²) < 4.78 is 7.92. The predicted octanol–water partition coefficient (Wildman–Crippen LogP) is 2.92. The summed E-state index contributed by atoms with van der Waals surface area (Å²) in [6, 6.07) is 12.3. The van der Waals surface area contributed by atoms with Crippen LogP contribution in [0.15, 0.2) is 41.6 Å². The molecule has 0 saturated carbocycles. The van der Waals surface area contributed by atoms with Crippen LogP contribution in [-0.4, -0.2) is 26.4 Å². The molecule has 0 atom stereocenters. The van der Waals surface area contributed by atoms with Crippen LogP contribution in [0.1, 0.15) is 18.3 Å². The van der Waals surface area contributed by atoms with Crippen molar-refractivity contribution in [1.82, 2.24) is 14.8 Å². The Balaban J connectivity index is 1.77. The summed E-state index contributed by atoms with van der Waals surface area (Å²) in [6.07, 6.45) is 0. The molecule has 2 N–H and O–H groups in total. The summed E-state index contributed by atoms with van der Waals surface area (Å²) >= 11 is 1.29. The Morgan fingerprint density at radius 3 is 2.80 bits per heavy atom. The molecule has 0 spiro atoms. The zero-order valence-electron chi connectivity index (χ0n) is 14.2. The molecular weight excluding hydrogens is 336 g/mol. The maximum atomic E-state index is 11.0. The highest BCUT2D eigenvalue weighted by Crippen LogP contribution is 2.28. The number of hydrogen-bond acceptors (Lipinski definition) is 5. The number of nitrogens with zero attached hydrogens (tertiary/aromatic N) is 3. The predicted molar refractivity (Wildman–Crippen MR) is 98.6 cm³/mol. The SMILES string of the molecule is CCn1c(COc2ccc3ccccc3c2C)nnc1SCC(N)=O. The van der Waals surface area contributed by atoms with Gasteiger partial charge in [-0.1, -0.05) is 42.1 Å². The van der Waals surface area contributed by atoms with E-state index in [1.807, 2.05) is 29.7 Å². The van der Waals surface area contributed by atoms with Crippen LogP contribution in [0, 0.1) is 6.92 Å². The average molecular weight is 356 g/mol. The van der Waals surface area contributed by atoms with Crippen LogP contribution in [0.4, 0.5) is 0 Å². The third-order valence-electron chi connectivity index (χ3n) is 3.96. The van der Waals surface area contributed by atoms with Crippen LogP contribution in [0.2, 0.25) is 0 Å². The van der Waals surface area contributed by atoms with Gasteiger partial charge >= 0.3 is 0 Å². The van der Waals surface area contributed by atoms with Crippen molar-refractivity contribution in [3.05, 3.63) is 47.8 Å². The standard InChI is InChI=1S/C18H20N4O2S/c1-3-22-17(20-21-18(22)25-11-16(19)23)10-24-15-9-8-13-6-4-5-7-14(13)12(15)2/h4-9H,3,10-11H2,1-2H3,(H2,19,23). The molecular formula is C18H20N4O2S. The van der Waals surface area contributed by atoms with Crippen LogP contribution >= 0.6 is 11.8 Å². The van der Waals surface area contributed by atoms with E-state index in [-0.39, 0.29) is 11.7 Å². The number of carbonyl (C=O) groups excluding carboxylic acids is 1. The fraction of sp³-hybridized carbons (Fsp3) is 0.278. The highest BCUT2D eigenvalue weighted by atomic mass is 32.2. The van der Waals surface area contributed by atoms with Gasteiger partial charge in [0.15, 0.2) is 11.0 Å². The van der Waals surface area contributed by atoms with E-state index in [9.17, 15) is 4.79 Å². The molecule has 3 rings (SSSR count). The fourth-order valence-electron chi connectivity index (χ4n) is 2.69. The van der Waals surface area contributed by atoms with E-state index < -0.39 is 0 Å². The van der Waals surface area contributed by atoms with E-state index in [1.165, 1.54) is 22.5 Å². The number of rotatable bonds is 7. The van der Waals surface area contributed by atoms with E-state index >= 15 is 0 Å². The van der Waals surface area contributed by atoms with E-state index in [1.54, 1.807) is 0 Å². The number of aromatic nitrogens is 3. The number of carbonyl (C=O) groups is 1. The third kappa shape index (κ3) is 3.76. The minimum atomic E-state index is -0.375. The Hall–Kier alpha value is -2.54. The number of aryl methyl sites for hydroxylation is 1. The van der Waals surface area contributed by atoms with Gasteiger partial charge in [-0.3, -0.25) is 4.79 Å². The molecule has 0 radical (unpaired) electrons. The Morgan fingerprint density at radius 2 is 2.04 bits per heavy atom. The molecule has 25 heavy (non-hydrogen) atoms. The van der Waals surface area contributed by atoms with Crippen LogP contribution in [-0.2, 0) is 17.9 Å². The fourth-order valence-corrected chi connectivity index (χ4v) is 3.45. The van der Waals surface area contributed by atoms with Gasteiger partial charge in [0.2, 0.25) is 5.91 Å². The van der Waals surface area contributed by atoms with Crippen molar-refractivity contribution in [3.63, 3.8) is 0 Å². The van der Waals surface area contributed by atoms with E-state index in [4.69, 9.17) is 10.5 Å². The van der Waals surface area contributed by atoms with Crippen molar-refractivity contribution in [3.8, 4) is 5.75 Å². The summed E-state index contributed by atoms with van der Waals surface area (Å²) in [6.45, 7) is 5.07. The molecule has 7 heteroatoms. The smallest absolute Gasteiger partial charge is 0.227 e. The van der Waals surface area contributed by atoms with Gasteiger partial charge in [-0.15, -0.1) is 10.2 Å². The molecule has 6 nitrogen and oxygen atoms in total. The highest BCUT2D eigenvalue weighted by Gasteiger charge is 2.13. The zero-order chi connectivity index (χ0) is 17.8. The summed E-state index contributed by atoms with van der Waals surface area (Å²) in [7, 11) is 0. The average Bonchev–Trinajstić information content (AvgIpc) is 3.01. The second kappa shape index (κ2) is 7.57. The number of hydrogen-bond donors (Lipinski definition) is 1. The third-order valence-corrected chi connectivity index (χ3v) is 4.95. The molecule has 0 aliphatic rings. The van der Waals surface area contributed by atoms with Gasteiger partial charge in [-0.25, -0.2) is 0 Å². The first-order chi connectivity index (χ1) is 12.1. The van der Waals surface area contributed by atoms with Crippen molar-refractivity contribution in [1.29, 1.82) is 0 Å². The van der Waals surface area contributed by atoms with Crippen LogP contribution < -0.4 is 10.5 Å².